The Morgan fingerprint density at radius 1 is 1.06 bits per heavy atom. The molecule has 1 amide bonds. The van der Waals surface area contributed by atoms with Gasteiger partial charge in [-0.3, -0.25) is 20.5 Å². The molecule has 2 N–H and O–H groups in total. The second-order valence-electron chi connectivity index (χ2n) is 7.74. The van der Waals surface area contributed by atoms with Gasteiger partial charge in [0.1, 0.15) is 12.3 Å². The molecule has 32 heavy (non-hydrogen) atoms. The van der Waals surface area contributed by atoms with Crippen LogP contribution in [0.1, 0.15) is 16.1 Å². The van der Waals surface area contributed by atoms with Crippen LogP contribution in [-0.2, 0) is 9.47 Å². The third-order valence-corrected chi connectivity index (χ3v) is 5.32. The van der Waals surface area contributed by atoms with E-state index in [1.807, 2.05) is 36.1 Å². The Labute approximate surface area is 187 Å². The zero-order valence-corrected chi connectivity index (χ0v) is 18.4. The number of hydrogen-bond acceptors (Lipinski definition) is 9. The number of hydrogen-bond donors (Lipinski definition) is 2. The molecule has 2 aromatic rings. The summed E-state index contributed by atoms with van der Waals surface area (Å²) in [7, 11) is 0. The maximum Gasteiger partial charge on any atom is 0.288 e. The number of rotatable bonds is 8. The number of benzene rings is 1. The number of aryl methyl sites for hydroxylation is 1. The zero-order chi connectivity index (χ0) is 22.2. The van der Waals surface area contributed by atoms with Crippen LogP contribution in [0, 0.1) is 6.92 Å². The number of ether oxygens (including phenoxy) is 3. The molecular formula is C22H30N6O4. The van der Waals surface area contributed by atoms with Gasteiger partial charge in [-0.25, -0.2) is 4.98 Å². The van der Waals surface area contributed by atoms with Crippen LogP contribution in [0.3, 0.4) is 0 Å². The molecule has 0 atom stereocenters. The zero-order valence-electron chi connectivity index (χ0n) is 18.4. The number of carbonyl (C=O) groups excluding carboxylic acids is 1. The predicted molar refractivity (Wildman–Crippen MR) is 120 cm³/mol. The first-order valence-electron chi connectivity index (χ1n) is 10.9. The Morgan fingerprint density at radius 2 is 1.81 bits per heavy atom. The van der Waals surface area contributed by atoms with Gasteiger partial charge in [-0.05, 0) is 24.6 Å². The Hall–Kier alpha value is -2.95. The van der Waals surface area contributed by atoms with Crippen LogP contribution in [0.4, 0.5) is 11.6 Å². The molecule has 10 nitrogen and oxygen atoms in total. The molecule has 2 aliphatic heterocycles. The number of morpholine rings is 2. The Kier molecular flexibility index (Phi) is 7.70. The molecule has 4 rings (SSSR count). The SMILES string of the molecule is Cc1cccc(NNC(=O)c2cc(OCCN3CCOCC3)nc(N3CCOCC3)n2)c1. The van der Waals surface area contributed by atoms with Gasteiger partial charge >= 0.3 is 0 Å². The lowest BCUT2D eigenvalue weighted by molar-refractivity contribution is 0.0320. The highest BCUT2D eigenvalue weighted by molar-refractivity contribution is 5.93. The molecule has 0 unspecified atom stereocenters. The minimum absolute atomic E-state index is 0.239. The number of amides is 1. The first-order valence-corrected chi connectivity index (χ1v) is 10.9. The summed E-state index contributed by atoms with van der Waals surface area (Å²) in [5.74, 6) is 0.495. The molecule has 2 fully saturated rings. The van der Waals surface area contributed by atoms with Crippen molar-refractivity contribution in [2.45, 2.75) is 6.92 Å². The van der Waals surface area contributed by atoms with Crippen molar-refractivity contribution < 1.29 is 19.0 Å². The Balaban J connectivity index is 1.43. The normalized spacial score (nSPS) is 17.1. The van der Waals surface area contributed by atoms with Crippen molar-refractivity contribution in [1.29, 1.82) is 0 Å². The average molecular weight is 443 g/mol. The van der Waals surface area contributed by atoms with E-state index in [1.54, 1.807) is 6.07 Å². The van der Waals surface area contributed by atoms with Crippen molar-refractivity contribution in [3.8, 4) is 5.88 Å². The number of anilines is 2. The second-order valence-corrected chi connectivity index (χ2v) is 7.74. The first kappa shape index (κ1) is 22.3. The third kappa shape index (κ3) is 6.28. The van der Waals surface area contributed by atoms with Crippen LogP contribution in [0.25, 0.3) is 0 Å². The van der Waals surface area contributed by atoms with Gasteiger partial charge in [0.05, 0.1) is 32.1 Å². The van der Waals surface area contributed by atoms with E-state index < -0.39 is 0 Å². The molecule has 3 heterocycles. The van der Waals surface area contributed by atoms with E-state index in [-0.39, 0.29) is 11.6 Å². The highest BCUT2D eigenvalue weighted by Crippen LogP contribution is 2.18. The summed E-state index contributed by atoms with van der Waals surface area (Å²) < 4.78 is 16.7. The predicted octanol–water partition coefficient (Wildman–Crippen LogP) is 1.09. The Bertz CT molecular complexity index is 900. The molecule has 1 aromatic carbocycles. The molecule has 10 heteroatoms. The van der Waals surface area contributed by atoms with Crippen molar-refractivity contribution >= 4 is 17.5 Å². The number of hydrazine groups is 1. The summed E-state index contributed by atoms with van der Waals surface area (Å²) in [5, 5.41) is 0. The number of aromatic nitrogens is 2. The highest BCUT2D eigenvalue weighted by atomic mass is 16.5. The molecule has 1 aromatic heterocycles. The van der Waals surface area contributed by atoms with Crippen LogP contribution in [-0.4, -0.2) is 86.5 Å². The van der Waals surface area contributed by atoms with Gasteiger partial charge in [0, 0.05) is 38.8 Å². The molecule has 172 valence electrons. The monoisotopic (exact) mass is 442 g/mol. The molecule has 2 aliphatic rings. The van der Waals surface area contributed by atoms with E-state index >= 15 is 0 Å². The van der Waals surface area contributed by atoms with Crippen molar-refractivity contribution in [2.75, 3.05) is 76.1 Å². The number of carbonyl (C=O) groups is 1. The van der Waals surface area contributed by atoms with Gasteiger partial charge in [0.25, 0.3) is 5.91 Å². The van der Waals surface area contributed by atoms with Crippen LogP contribution in [0.15, 0.2) is 30.3 Å². The van der Waals surface area contributed by atoms with Crippen molar-refractivity contribution in [1.82, 2.24) is 20.3 Å². The maximum absolute atomic E-state index is 12.8. The quantitative estimate of drug-likeness (QED) is 0.582. The standard InChI is InChI=1S/C22H30N6O4/c1-17-3-2-4-18(15-17)25-26-21(29)19-16-20(32-14-7-27-5-10-30-11-6-27)24-22(23-19)28-8-12-31-13-9-28/h2-4,15-16,25H,5-14H2,1H3,(H,26,29). The van der Waals surface area contributed by atoms with E-state index in [4.69, 9.17) is 14.2 Å². The minimum Gasteiger partial charge on any atom is -0.476 e. The molecule has 0 bridgehead atoms. The minimum atomic E-state index is -0.360. The maximum atomic E-state index is 12.8. The molecular weight excluding hydrogens is 412 g/mol. The van der Waals surface area contributed by atoms with Gasteiger partial charge in [0.15, 0.2) is 0 Å². The molecule has 0 radical (unpaired) electrons. The summed E-state index contributed by atoms with van der Waals surface area (Å²) in [5.41, 5.74) is 7.77. The van der Waals surface area contributed by atoms with Crippen molar-refractivity contribution in [3.63, 3.8) is 0 Å². The molecule has 0 aliphatic carbocycles. The van der Waals surface area contributed by atoms with Crippen molar-refractivity contribution in [3.05, 3.63) is 41.6 Å². The van der Waals surface area contributed by atoms with E-state index in [1.165, 1.54) is 0 Å². The molecule has 0 saturated carbocycles. The fraction of sp³-hybridized carbons (Fsp3) is 0.500. The van der Waals surface area contributed by atoms with Crippen LogP contribution < -0.4 is 20.5 Å². The van der Waals surface area contributed by atoms with E-state index in [0.717, 1.165) is 44.1 Å². The lowest BCUT2D eigenvalue weighted by Crippen LogP contribution is -2.39. The summed E-state index contributed by atoms with van der Waals surface area (Å²) in [6.07, 6.45) is 0. The molecule has 2 saturated heterocycles. The second kappa shape index (κ2) is 11.1. The summed E-state index contributed by atoms with van der Waals surface area (Å²) in [6, 6.07) is 9.32. The fourth-order valence-electron chi connectivity index (χ4n) is 3.53. The Morgan fingerprint density at radius 3 is 2.56 bits per heavy atom. The van der Waals surface area contributed by atoms with Gasteiger partial charge in [-0.15, -0.1) is 0 Å². The van der Waals surface area contributed by atoms with Crippen LogP contribution >= 0.6 is 0 Å². The lowest BCUT2D eigenvalue weighted by atomic mass is 10.2. The van der Waals surface area contributed by atoms with Gasteiger partial charge in [-0.2, -0.15) is 4.98 Å². The van der Waals surface area contributed by atoms with Gasteiger partial charge < -0.3 is 19.1 Å². The summed E-state index contributed by atoms with van der Waals surface area (Å²) in [6.45, 7) is 9.05. The van der Waals surface area contributed by atoms with Crippen molar-refractivity contribution in [2.24, 2.45) is 0 Å². The van der Waals surface area contributed by atoms with Crippen LogP contribution in [0.2, 0.25) is 0 Å². The fourth-order valence-corrected chi connectivity index (χ4v) is 3.53. The highest BCUT2D eigenvalue weighted by Gasteiger charge is 2.19. The first-order chi connectivity index (χ1) is 15.7. The van der Waals surface area contributed by atoms with Gasteiger partial charge in [0.2, 0.25) is 11.8 Å². The topological polar surface area (TPSA) is 101 Å². The third-order valence-electron chi connectivity index (χ3n) is 5.32. The summed E-state index contributed by atoms with van der Waals surface area (Å²) in [4.78, 5) is 26.1. The van der Waals surface area contributed by atoms with E-state index in [0.29, 0.717) is 44.7 Å². The molecule has 0 spiro atoms. The summed E-state index contributed by atoms with van der Waals surface area (Å²) >= 11 is 0. The average Bonchev–Trinajstić information content (AvgIpc) is 2.84. The van der Waals surface area contributed by atoms with Gasteiger partial charge in [-0.1, -0.05) is 12.1 Å². The number of nitrogens with one attached hydrogen (secondary N) is 2. The number of nitrogens with zero attached hydrogens (tertiary/aromatic N) is 4. The van der Waals surface area contributed by atoms with Crippen LogP contribution in [0.5, 0.6) is 5.88 Å². The van der Waals surface area contributed by atoms with E-state index in [2.05, 4.69) is 25.7 Å². The largest absolute Gasteiger partial charge is 0.476 e. The van der Waals surface area contributed by atoms with E-state index in [9.17, 15) is 4.79 Å². The smallest absolute Gasteiger partial charge is 0.288 e. The lowest BCUT2D eigenvalue weighted by Gasteiger charge is -2.27.